The summed E-state index contributed by atoms with van der Waals surface area (Å²) >= 11 is 1.47. The van der Waals surface area contributed by atoms with Crippen molar-refractivity contribution in [3.8, 4) is 0 Å². The van der Waals surface area contributed by atoms with Gasteiger partial charge in [0.25, 0.3) is 5.56 Å². The number of nitrogens with zero attached hydrogens (tertiary/aromatic N) is 3. The van der Waals surface area contributed by atoms with Crippen LogP contribution in [0.1, 0.15) is 22.4 Å². The average Bonchev–Trinajstić information content (AvgIpc) is 2.99. The Hall–Kier alpha value is -2.95. The van der Waals surface area contributed by atoms with E-state index in [1.807, 2.05) is 13.8 Å². The van der Waals surface area contributed by atoms with Gasteiger partial charge in [-0.2, -0.15) is 13.2 Å². The fraction of sp³-hybridized carbons (Fsp3) is 0.368. The first kappa shape index (κ1) is 21.8. The van der Waals surface area contributed by atoms with E-state index in [0.717, 1.165) is 22.7 Å². The Morgan fingerprint density at radius 1 is 1.20 bits per heavy atom. The molecular formula is C19H20F3N5O2S. The standard InChI is InChI=1S/C19H20F3N5O2S/c1-11-12(2)30-17-16(11)18(29)27(10-26-17)8-5-15(28)24-7-6-23-14-4-3-13(9-25-14)19(20,21)22/h3-4,9-10H,5-8H2,1-2H3,(H,23,25)(H,24,28). The van der Waals surface area contributed by atoms with Crippen LogP contribution in [0.4, 0.5) is 19.0 Å². The lowest BCUT2D eigenvalue weighted by atomic mass is 10.2. The van der Waals surface area contributed by atoms with E-state index in [2.05, 4.69) is 20.6 Å². The van der Waals surface area contributed by atoms with Gasteiger partial charge in [0.15, 0.2) is 0 Å². The van der Waals surface area contributed by atoms with Crippen molar-refractivity contribution >= 4 is 33.3 Å². The Kier molecular flexibility index (Phi) is 6.40. The lowest BCUT2D eigenvalue weighted by Crippen LogP contribution is -2.31. The number of hydrogen-bond donors (Lipinski definition) is 2. The number of nitrogens with one attached hydrogen (secondary N) is 2. The lowest BCUT2D eigenvalue weighted by molar-refractivity contribution is -0.137. The number of aromatic nitrogens is 3. The second kappa shape index (κ2) is 8.82. The van der Waals surface area contributed by atoms with Crippen LogP contribution in [0.2, 0.25) is 0 Å². The van der Waals surface area contributed by atoms with E-state index in [1.165, 1.54) is 28.3 Å². The fourth-order valence-electron chi connectivity index (χ4n) is 2.80. The van der Waals surface area contributed by atoms with Gasteiger partial charge in [-0.3, -0.25) is 14.2 Å². The van der Waals surface area contributed by atoms with Crippen molar-refractivity contribution in [1.82, 2.24) is 19.9 Å². The minimum Gasteiger partial charge on any atom is -0.368 e. The van der Waals surface area contributed by atoms with Crippen LogP contribution in [0, 0.1) is 13.8 Å². The maximum Gasteiger partial charge on any atom is 0.417 e. The monoisotopic (exact) mass is 439 g/mol. The fourth-order valence-corrected chi connectivity index (χ4v) is 3.79. The first-order valence-corrected chi connectivity index (χ1v) is 9.97. The first-order chi connectivity index (χ1) is 14.2. The molecule has 0 unspecified atom stereocenters. The van der Waals surface area contributed by atoms with Gasteiger partial charge in [0.2, 0.25) is 5.91 Å². The summed E-state index contributed by atoms with van der Waals surface area (Å²) in [7, 11) is 0. The molecule has 30 heavy (non-hydrogen) atoms. The van der Waals surface area contributed by atoms with E-state index < -0.39 is 11.7 Å². The highest BCUT2D eigenvalue weighted by Crippen LogP contribution is 2.28. The zero-order valence-electron chi connectivity index (χ0n) is 16.3. The second-order valence-corrected chi connectivity index (χ2v) is 7.87. The Labute approximate surface area is 174 Å². The number of amides is 1. The van der Waals surface area contributed by atoms with Gasteiger partial charge in [0, 0.05) is 37.1 Å². The Morgan fingerprint density at radius 3 is 2.63 bits per heavy atom. The van der Waals surface area contributed by atoms with Crippen LogP contribution in [0.5, 0.6) is 0 Å². The van der Waals surface area contributed by atoms with E-state index in [4.69, 9.17) is 0 Å². The Morgan fingerprint density at radius 2 is 1.97 bits per heavy atom. The summed E-state index contributed by atoms with van der Waals surface area (Å²) in [6.45, 7) is 4.58. The van der Waals surface area contributed by atoms with Crippen molar-refractivity contribution < 1.29 is 18.0 Å². The lowest BCUT2D eigenvalue weighted by Gasteiger charge is -2.10. The van der Waals surface area contributed by atoms with Crippen molar-refractivity contribution in [1.29, 1.82) is 0 Å². The highest BCUT2D eigenvalue weighted by atomic mass is 32.1. The van der Waals surface area contributed by atoms with Crippen molar-refractivity contribution in [2.45, 2.75) is 33.0 Å². The summed E-state index contributed by atoms with van der Waals surface area (Å²) in [5.41, 5.74) is -0.0731. The van der Waals surface area contributed by atoms with Gasteiger partial charge in [-0.1, -0.05) is 0 Å². The molecule has 1 amide bonds. The van der Waals surface area contributed by atoms with Gasteiger partial charge in [-0.15, -0.1) is 11.3 Å². The molecule has 3 heterocycles. The van der Waals surface area contributed by atoms with Crippen LogP contribution >= 0.6 is 11.3 Å². The molecule has 2 N–H and O–H groups in total. The molecule has 0 saturated carbocycles. The molecule has 3 rings (SSSR count). The normalized spacial score (nSPS) is 11.6. The summed E-state index contributed by atoms with van der Waals surface area (Å²) in [5, 5.41) is 6.11. The van der Waals surface area contributed by atoms with E-state index in [1.54, 1.807) is 0 Å². The number of pyridine rings is 1. The number of fused-ring (bicyclic) bond motifs is 1. The van der Waals surface area contributed by atoms with Gasteiger partial charge >= 0.3 is 6.18 Å². The molecule has 0 aliphatic carbocycles. The van der Waals surface area contributed by atoms with Crippen LogP contribution in [-0.4, -0.2) is 33.5 Å². The van der Waals surface area contributed by atoms with Crippen LogP contribution in [-0.2, 0) is 17.5 Å². The molecule has 0 spiro atoms. The third-order valence-corrected chi connectivity index (χ3v) is 5.69. The van der Waals surface area contributed by atoms with Crippen molar-refractivity contribution in [3.63, 3.8) is 0 Å². The van der Waals surface area contributed by atoms with Crippen molar-refractivity contribution in [3.05, 3.63) is 51.0 Å². The van der Waals surface area contributed by atoms with Gasteiger partial charge in [-0.05, 0) is 31.5 Å². The van der Waals surface area contributed by atoms with Gasteiger partial charge in [-0.25, -0.2) is 9.97 Å². The molecule has 7 nitrogen and oxygen atoms in total. The molecular weight excluding hydrogens is 419 g/mol. The summed E-state index contributed by atoms with van der Waals surface area (Å²) in [4.78, 5) is 34.3. The highest BCUT2D eigenvalue weighted by Gasteiger charge is 2.30. The zero-order chi connectivity index (χ0) is 21.9. The molecule has 0 aromatic carbocycles. The molecule has 0 saturated heterocycles. The quantitative estimate of drug-likeness (QED) is 0.553. The van der Waals surface area contributed by atoms with E-state index in [-0.39, 0.29) is 36.8 Å². The number of anilines is 1. The third-order valence-electron chi connectivity index (χ3n) is 4.58. The van der Waals surface area contributed by atoms with Gasteiger partial charge in [0.05, 0.1) is 17.3 Å². The molecule has 3 aromatic heterocycles. The first-order valence-electron chi connectivity index (χ1n) is 9.16. The number of thiophene rings is 1. The molecule has 0 radical (unpaired) electrons. The van der Waals surface area contributed by atoms with E-state index in [9.17, 15) is 22.8 Å². The SMILES string of the molecule is Cc1sc2ncn(CCC(=O)NCCNc3ccc(C(F)(F)F)cn3)c(=O)c2c1C. The number of aryl methyl sites for hydroxylation is 3. The number of carbonyl (C=O) groups excluding carboxylic acids is 1. The summed E-state index contributed by atoms with van der Waals surface area (Å²) in [6.07, 6.45) is -2.12. The minimum absolute atomic E-state index is 0.105. The largest absolute Gasteiger partial charge is 0.417 e. The molecule has 0 atom stereocenters. The van der Waals surface area contributed by atoms with E-state index >= 15 is 0 Å². The number of hydrogen-bond acceptors (Lipinski definition) is 6. The Balaban J connectivity index is 1.45. The average molecular weight is 439 g/mol. The Bertz CT molecular complexity index is 1110. The maximum atomic E-state index is 12.6. The maximum absolute atomic E-state index is 12.6. The van der Waals surface area contributed by atoms with Crippen molar-refractivity contribution in [2.75, 3.05) is 18.4 Å². The van der Waals surface area contributed by atoms with Crippen LogP contribution in [0.15, 0.2) is 29.5 Å². The molecule has 0 aliphatic heterocycles. The summed E-state index contributed by atoms with van der Waals surface area (Å²) < 4.78 is 38.9. The van der Waals surface area contributed by atoms with E-state index in [0.29, 0.717) is 16.8 Å². The third kappa shape index (κ3) is 4.96. The number of carbonyl (C=O) groups is 1. The number of rotatable bonds is 7. The highest BCUT2D eigenvalue weighted by molar-refractivity contribution is 7.18. The van der Waals surface area contributed by atoms with Crippen LogP contribution in [0.3, 0.4) is 0 Å². The van der Waals surface area contributed by atoms with Gasteiger partial charge in [0.1, 0.15) is 10.6 Å². The summed E-state index contributed by atoms with van der Waals surface area (Å²) in [5.74, 6) is 0.0343. The number of alkyl halides is 3. The van der Waals surface area contributed by atoms with Crippen LogP contribution < -0.4 is 16.2 Å². The summed E-state index contributed by atoms with van der Waals surface area (Å²) in [6, 6.07) is 2.17. The number of halogens is 3. The zero-order valence-corrected chi connectivity index (χ0v) is 17.2. The molecule has 11 heteroatoms. The predicted molar refractivity (Wildman–Crippen MR) is 109 cm³/mol. The van der Waals surface area contributed by atoms with Gasteiger partial charge < -0.3 is 10.6 Å². The minimum atomic E-state index is -4.43. The molecule has 3 aromatic rings. The molecule has 0 fully saturated rings. The smallest absolute Gasteiger partial charge is 0.368 e. The topological polar surface area (TPSA) is 88.9 Å². The second-order valence-electron chi connectivity index (χ2n) is 6.66. The molecule has 0 aliphatic rings. The molecule has 0 bridgehead atoms. The van der Waals surface area contributed by atoms with Crippen molar-refractivity contribution in [2.24, 2.45) is 0 Å². The predicted octanol–water partition coefficient (Wildman–Crippen LogP) is 3.11. The van der Waals surface area contributed by atoms with Crippen LogP contribution in [0.25, 0.3) is 10.2 Å². The molecule has 160 valence electrons.